The molecule has 17 heavy (non-hydrogen) atoms. The minimum atomic E-state index is -1.07. The Hall–Kier alpha value is -1.85. The predicted molar refractivity (Wildman–Crippen MR) is 59.4 cm³/mol. The molecule has 0 unspecified atom stereocenters. The molecule has 6 nitrogen and oxygen atoms in total. The molecule has 1 aromatic heterocycles. The number of likely N-dealkylation sites (tertiary alicyclic amines) is 1. The van der Waals surface area contributed by atoms with Crippen LogP contribution in [-0.4, -0.2) is 44.9 Å². The van der Waals surface area contributed by atoms with Crippen LogP contribution >= 0.6 is 0 Å². The Morgan fingerprint density at radius 1 is 1.47 bits per heavy atom. The third-order valence-corrected chi connectivity index (χ3v) is 3.06. The summed E-state index contributed by atoms with van der Waals surface area (Å²) in [6.07, 6.45) is 4.76. The summed E-state index contributed by atoms with van der Waals surface area (Å²) in [6, 6.07) is 0. The normalized spacial score (nSPS) is 17.1. The number of carbonyl (C=O) groups is 2. The van der Waals surface area contributed by atoms with Gasteiger partial charge in [-0.3, -0.25) is 9.59 Å². The smallest absolute Gasteiger partial charge is 0.312 e. The quantitative estimate of drug-likeness (QED) is 0.753. The molecule has 1 aromatic rings. The molecule has 2 heterocycles. The van der Waals surface area contributed by atoms with E-state index in [1.165, 1.54) is 0 Å². The van der Waals surface area contributed by atoms with Gasteiger partial charge >= 0.3 is 5.97 Å². The molecule has 1 aliphatic heterocycles. The van der Waals surface area contributed by atoms with Gasteiger partial charge in [0.25, 0.3) is 0 Å². The van der Waals surface area contributed by atoms with Gasteiger partial charge in [-0.15, -0.1) is 0 Å². The lowest BCUT2D eigenvalue weighted by atomic mass is 9.96. The molecule has 0 spiro atoms. The van der Waals surface area contributed by atoms with Crippen LogP contribution in [0, 0.1) is 0 Å². The van der Waals surface area contributed by atoms with Crippen LogP contribution in [0.4, 0.5) is 0 Å². The predicted octanol–water partition coefficient (Wildman–Crippen LogP) is 0.590. The van der Waals surface area contributed by atoms with Crippen LogP contribution in [0.25, 0.3) is 0 Å². The molecule has 1 aliphatic rings. The first-order valence-electron chi connectivity index (χ1n) is 5.65. The second-order valence-electron chi connectivity index (χ2n) is 4.20. The highest BCUT2D eigenvalue weighted by atomic mass is 16.4. The van der Waals surface area contributed by atoms with Gasteiger partial charge in [0.15, 0.2) is 0 Å². The number of aromatic amines is 1. The monoisotopic (exact) mass is 237 g/mol. The number of amides is 1. The van der Waals surface area contributed by atoms with Crippen molar-refractivity contribution in [3.05, 3.63) is 18.2 Å². The maximum absolute atomic E-state index is 11.5. The maximum atomic E-state index is 11.5. The summed E-state index contributed by atoms with van der Waals surface area (Å²) in [7, 11) is 0. The molecule has 2 rings (SSSR count). The lowest BCUT2D eigenvalue weighted by Crippen LogP contribution is -2.38. The average Bonchev–Trinajstić information content (AvgIpc) is 2.82. The van der Waals surface area contributed by atoms with Crippen LogP contribution in [0.2, 0.25) is 0 Å². The van der Waals surface area contributed by atoms with E-state index < -0.39 is 12.4 Å². The molecule has 1 saturated heterocycles. The summed E-state index contributed by atoms with van der Waals surface area (Å²) >= 11 is 0. The topological polar surface area (TPSA) is 86.3 Å². The summed E-state index contributed by atoms with van der Waals surface area (Å²) in [5, 5.41) is 8.55. The summed E-state index contributed by atoms with van der Waals surface area (Å²) in [5.74, 6) is -0.0623. The number of nitrogens with one attached hydrogen (secondary N) is 1. The van der Waals surface area contributed by atoms with Gasteiger partial charge in [-0.1, -0.05) is 0 Å². The van der Waals surface area contributed by atoms with E-state index in [0.717, 1.165) is 18.7 Å². The van der Waals surface area contributed by atoms with E-state index in [9.17, 15) is 9.59 Å². The van der Waals surface area contributed by atoms with Gasteiger partial charge < -0.3 is 15.0 Å². The Morgan fingerprint density at radius 2 is 2.18 bits per heavy atom. The van der Waals surface area contributed by atoms with Crippen molar-refractivity contribution in [3.8, 4) is 0 Å². The van der Waals surface area contributed by atoms with Gasteiger partial charge in [0.05, 0.1) is 0 Å². The number of piperidine rings is 1. The molecule has 0 bridgehead atoms. The molecule has 1 fully saturated rings. The number of hydrogen-bond donors (Lipinski definition) is 2. The number of hydrogen-bond acceptors (Lipinski definition) is 3. The summed E-state index contributed by atoms with van der Waals surface area (Å²) < 4.78 is 0. The zero-order chi connectivity index (χ0) is 12.3. The van der Waals surface area contributed by atoms with E-state index in [4.69, 9.17) is 5.11 Å². The molecule has 0 saturated carbocycles. The van der Waals surface area contributed by atoms with E-state index in [2.05, 4.69) is 9.97 Å². The fraction of sp³-hybridized carbons (Fsp3) is 0.545. The molecule has 2 N–H and O–H groups in total. The van der Waals surface area contributed by atoms with E-state index >= 15 is 0 Å². The SMILES string of the molecule is O=C(O)CC(=O)N1CCC(c2ncc[nH]2)CC1. The van der Waals surface area contributed by atoms with Crippen LogP contribution in [-0.2, 0) is 9.59 Å². The van der Waals surface area contributed by atoms with Crippen LogP contribution in [0.5, 0.6) is 0 Å². The van der Waals surface area contributed by atoms with Crippen molar-refractivity contribution in [3.63, 3.8) is 0 Å². The van der Waals surface area contributed by atoms with Crippen LogP contribution in [0.3, 0.4) is 0 Å². The Morgan fingerprint density at radius 3 is 2.71 bits per heavy atom. The van der Waals surface area contributed by atoms with Gasteiger partial charge in [-0.25, -0.2) is 4.98 Å². The Bertz CT molecular complexity index is 394. The standard InChI is InChI=1S/C11H15N3O3/c15-9(7-10(16)17)14-5-1-8(2-6-14)11-12-3-4-13-11/h3-4,8H,1-2,5-7H2,(H,12,13)(H,16,17). The number of carboxylic acids is 1. The first kappa shape index (κ1) is 11.6. The Labute approximate surface area is 98.7 Å². The summed E-state index contributed by atoms with van der Waals surface area (Å²) in [4.78, 5) is 30.9. The number of imidazole rings is 1. The van der Waals surface area contributed by atoms with Crippen molar-refractivity contribution in [2.75, 3.05) is 13.1 Å². The van der Waals surface area contributed by atoms with E-state index in [-0.39, 0.29) is 5.91 Å². The third-order valence-electron chi connectivity index (χ3n) is 3.06. The third kappa shape index (κ3) is 2.83. The van der Waals surface area contributed by atoms with Gasteiger partial charge in [0, 0.05) is 31.4 Å². The number of rotatable bonds is 3. The van der Waals surface area contributed by atoms with E-state index in [1.54, 1.807) is 17.3 Å². The van der Waals surface area contributed by atoms with Crippen molar-refractivity contribution in [2.24, 2.45) is 0 Å². The van der Waals surface area contributed by atoms with Gasteiger partial charge in [0.1, 0.15) is 12.2 Å². The zero-order valence-electron chi connectivity index (χ0n) is 9.43. The highest BCUT2D eigenvalue weighted by Crippen LogP contribution is 2.25. The molecular weight excluding hydrogens is 222 g/mol. The molecule has 0 radical (unpaired) electrons. The zero-order valence-corrected chi connectivity index (χ0v) is 9.43. The van der Waals surface area contributed by atoms with Crippen LogP contribution in [0.1, 0.15) is 31.0 Å². The molecular formula is C11H15N3O3. The van der Waals surface area contributed by atoms with Crippen molar-refractivity contribution in [1.82, 2.24) is 14.9 Å². The van der Waals surface area contributed by atoms with Crippen LogP contribution < -0.4 is 0 Å². The fourth-order valence-corrected chi connectivity index (χ4v) is 2.14. The lowest BCUT2D eigenvalue weighted by molar-refractivity contribution is -0.144. The second-order valence-corrected chi connectivity index (χ2v) is 4.20. The fourth-order valence-electron chi connectivity index (χ4n) is 2.14. The Kier molecular flexibility index (Phi) is 3.41. The van der Waals surface area contributed by atoms with Gasteiger partial charge in [-0.2, -0.15) is 0 Å². The number of carboxylic acid groups (broad SMARTS) is 1. The number of aromatic nitrogens is 2. The molecule has 0 aliphatic carbocycles. The first-order valence-corrected chi connectivity index (χ1v) is 5.65. The average molecular weight is 237 g/mol. The highest BCUT2D eigenvalue weighted by molar-refractivity contribution is 5.93. The summed E-state index contributed by atoms with van der Waals surface area (Å²) in [6.45, 7) is 1.22. The molecule has 92 valence electrons. The van der Waals surface area contributed by atoms with Crippen molar-refractivity contribution in [1.29, 1.82) is 0 Å². The summed E-state index contributed by atoms with van der Waals surface area (Å²) in [5.41, 5.74) is 0. The van der Waals surface area contributed by atoms with Crippen LogP contribution in [0.15, 0.2) is 12.4 Å². The van der Waals surface area contributed by atoms with Gasteiger partial charge in [-0.05, 0) is 12.8 Å². The van der Waals surface area contributed by atoms with Crippen molar-refractivity contribution in [2.45, 2.75) is 25.2 Å². The first-order chi connectivity index (χ1) is 8.16. The number of H-pyrrole nitrogens is 1. The Balaban J connectivity index is 1.86. The molecule has 0 atom stereocenters. The van der Waals surface area contributed by atoms with Gasteiger partial charge in [0.2, 0.25) is 5.91 Å². The molecule has 1 amide bonds. The number of aliphatic carboxylic acids is 1. The maximum Gasteiger partial charge on any atom is 0.312 e. The minimum absolute atomic E-state index is 0.296. The van der Waals surface area contributed by atoms with Crippen molar-refractivity contribution >= 4 is 11.9 Å². The second kappa shape index (κ2) is 4.99. The minimum Gasteiger partial charge on any atom is -0.481 e. The molecule has 0 aromatic carbocycles. The molecule has 6 heteroatoms. The van der Waals surface area contributed by atoms with Crippen molar-refractivity contribution < 1.29 is 14.7 Å². The largest absolute Gasteiger partial charge is 0.481 e. The number of carbonyl (C=O) groups excluding carboxylic acids is 1. The van der Waals surface area contributed by atoms with E-state index in [0.29, 0.717) is 19.0 Å². The highest BCUT2D eigenvalue weighted by Gasteiger charge is 2.25. The number of nitrogens with zero attached hydrogens (tertiary/aromatic N) is 2. The lowest BCUT2D eigenvalue weighted by Gasteiger charge is -2.30. The van der Waals surface area contributed by atoms with E-state index in [1.807, 2.05) is 0 Å².